The molecule has 14 heteroatoms. The third-order valence-corrected chi connectivity index (χ3v) is 13.3. The van der Waals surface area contributed by atoms with Crippen molar-refractivity contribution in [2.45, 2.75) is 88.9 Å². The molecule has 4 amide bonds. The first kappa shape index (κ1) is 41.6. The zero-order valence-electron chi connectivity index (χ0n) is 36.2. The largest absolute Gasteiger partial charge is 0.453 e. The van der Waals surface area contributed by atoms with Crippen LogP contribution in [-0.2, 0) is 19.1 Å². The molecule has 2 aliphatic heterocycles. The number of carbonyl (C=O) groups excluding carboxylic acids is 4. The first-order valence-corrected chi connectivity index (χ1v) is 22.0. The molecule has 0 saturated carbocycles. The van der Waals surface area contributed by atoms with E-state index in [2.05, 4.69) is 93.4 Å². The minimum absolute atomic E-state index is 0.0867. The smallest absolute Gasteiger partial charge is 0.407 e. The Bertz CT molecular complexity index is 2630. The lowest BCUT2D eigenvalue weighted by molar-refractivity contribution is -0.139. The number of H-pyrrole nitrogens is 2. The Morgan fingerprint density at radius 2 is 1.33 bits per heavy atom. The predicted octanol–water partition coefficient (Wildman–Crippen LogP) is 8.53. The Kier molecular flexibility index (Phi) is 11.4. The molecule has 4 heterocycles. The molecule has 0 spiro atoms. The van der Waals surface area contributed by atoms with Gasteiger partial charge in [0.1, 0.15) is 23.2 Å². The highest BCUT2D eigenvalue weighted by molar-refractivity contribution is 5.93. The monoisotopic (exact) mass is 850 g/mol. The molecular formula is C49H54N8O6. The fourth-order valence-electron chi connectivity index (χ4n) is 9.94. The molecule has 5 aromatic rings. The highest BCUT2D eigenvalue weighted by atomic mass is 16.5. The van der Waals surface area contributed by atoms with Crippen molar-refractivity contribution in [3.63, 3.8) is 0 Å². The van der Waals surface area contributed by atoms with E-state index in [-0.39, 0.29) is 29.8 Å². The molecule has 9 rings (SSSR count). The van der Waals surface area contributed by atoms with E-state index in [1.165, 1.54) is 19.8 Å². The zero-order chi connectivity index (χ0) is 43.8. The molecule has 14 nitrogen and oxygen atoms in total. The van der Waals surface area contributed by atoms with E-state index < -0.39 is 23.8 Å². The van der Waals surface area contributed by atoms with Crippen LogP contribution >= 0.6 is 0 Å². The molecule has 2 fully saturated rings. The Balaban J connectivity index is 0.872. The van der Waals surface area contributed by atoms with Crippen LogP contribution in [-0.4, -0.2) is 92.6 Å². The maximum atomic E-state index is 14.4. The molecule has 4 atom stereocenters. The van der Waals surface area contributed by atoms with Crippen LogP contribution in [0.3, 0.4) is 0 Å². The number of methoxy groups -OCH3 is 2. The van der Waals surface area contributed by atoms with Gasteiger partial charge in [-0.25, -0.2) is 19.6 Å². The van der Waals surface area contributed by atoms with E-state index in [1.807, 2.05) is 36.0 Å². The van der Waals surface area contributed by atoms with Crippen molar-refractivity contribution >= 4 is 34.8 Å². The van der Waals surface area contributed by atoms with Crippen molar-refractivity contribution in [3.05, 3.63) is 108 Å². The first-order chi connectivity index (χ1) is 30.5. The standard InChI is InChI=1S/C49H54N8O6/c1-29(2)42(54-47(60)62-3)45(58)56-21-7-11-40(56)43-51-28-39(53-43)35-20-19-33-23-32(17-18-34(33)24-35)30-13-15-31(16-14-30)38-27-50-44(52-38)41-12-8-22-57(41)46(59)49(55-48(61)63-4)25-36-9-5-6-10-37(36)26-49/h5,9,13-20,23-24,27-29,40-42H,6-8,10-12,21-22,25-26H2,1-4H3,(H,50,52)(H,51,53)(H,54,60)(H,55,61)/t40-,41-,42-,49?/m0/s1. The first-order valence-electron chi connectivity index (χ1n) is 22.0. The molecule has 4 N–H and O–H groups in total. The number of nitrogens with one attached hydrogen (secondary N) is 4. The van der Waals surface area contributed by atoms with Gasteiger partial charge in [0.15, 0.2) is 0 Å². The number of fused-ring (bicyclic) bond motifs is 1. The molecule has 1 unspecified atom stereocenters. The third-order valence-electron chi connectivity index (χ3n) is 13.3. The van der Waals surface area contributed by atoms with Gasteiger partial charge in [-0.1, -0.05) is 80.1 Å². The number of alkyl carbamates (subject to hydrolysis) is 2. The number of hydrogen-bond acceptors (Lipinski definition) is 8. The third kappa shape index (κ3) is 8.10. The van der Waals surface area contributed by atoms with Gasteiger partial charge in [0.2, 0.25) is 11.8 Å². The van der Waals surface area contributed by atoms with Crippen molar-refractivity contribution < 1.29 is 28.7 Å². The Hall–Kier alpha value is -6.70. The number of imidazole rings is 2. The second kappa shape index (κ2) is 17.2. The van der Waals surface area contributed by atoms with E-state index in [9.17, 15) is 19.2 Å². The quantitative estimate of drug-likeness (QED) is 0.108. The van der Waals surface area contributed by atoms with Gasteiger partial charge in [-0.15, -0.1) is 0 Å². The van der Waals surface area contributed by atoms with Crippen molar-refractivity contribution in [2.24, 2.45) is 5.92 Å². The van der Waals surface area contributed by atoms with E-state index in [0.717, 1.165) is 100 Å². The normalized spacial score (nSPS) is 21.2. The average molecular weight is 851 g/mol. The number of hydrogen-bond donors (Lipinski definition) is 4. The lowest BCUT2D eigenvalue weighted by Gasteiger charge is -2.35. The molecule has 326 valence electrons. The van der Waals surface area contributed by atoms with Crippen molar-refractivity contribution in [3.8, 4) is 33.6 Å². The number of allylic oxidation sites excluding steroid dienone is 2. The summed E-state index contributed by atoms with van der Waals surface area (Å²) in [6.07, 6.45) is 12.7. The lowest BCUT2D eigenvalue weighted by Crippen LogP contribution is -2.58. The van der Waals surface area contributed by atoms with Crippen molar-refractivity contribution in [1.29, 1.82) is 0 Å². The van der Waals surface area contributed by atoms with Gasteiger partial charge in [0, 0.05) is 31.5 Å². The van der Waals surface area contributed by atoms with Crippen LogP contribution in [0.25, 0.3) is 44.4 Å². The summed E-state index contributed by atoms with van der Waals surface area (Å²) in [5.74, 6) is 1.14. The van der Waals surface area contributed by atoms with Crippen LogP contribution in [0.2, 0.25) is 0 Å². The fraction of sp³-hybridized carbons (Fsp3) is 0.388. The molecule has 2 aliphatic carbocycles. The molecule has 0 bridgehead atoms. The van der Waals surface area contributed by atoms with Gasteiger partial charge in [0.25, 0.3) is 0 Å². The van der Waals surface area contributed by atoms with Crippen LogP contribution in [0.1, 0.15) is 88.9 Å². The van der Waals surface area contributed by atoms with E-state index in [0.29, 0.717) is 25.9 Å². The number of rotatable bonds is 10. The minimum Gasteiger partial charge on any atom is -0.453 e. The van der Waals surface area contributed by atoms with Gasteiger partial charge >= 0.3 is 12.2 Å². The number of aromatic amines is 2. The number of nitrogens with zero attached hydrogens (tertiary/aromatic N) is 4. The molecule has 0 radical (unpaired) electrons. The Morgan fingerprint density at radius 1 is 0.746 bits per heavy atom. The van der Waals surface area contributed by atoms with E-state index in [1.54, 1.807) is 0 Å². The predicted molar refractivity (Wildman–Crippen MR) is 239 cm³/mol. The molecule has 4 aliphatic rings. The van der Waals surface area contributed by atoms with Crippen LogP contribution in [0, 0.1) is 5.92 Å². The van der Waals surface area contributed by atoms with Crippen LogP contribution in [0.15, 0.2) is 96.4 Å². The van der Waals surface area contributed by atoms with E-state index in [4.69, 9.17) is 19.4 Å². The molecule has 2 saturated heterocycles. The minimum atomic E-state index is -1.07. The maximum Gasteiger partial charge on any atom is 0.407 e. The molecule has 3 aromatic carbocycles. The van der Waals surface area contributed by atoms with Crippen LogP contribution in [0.4, 0.5) is 9.59 Å². The number of benzene rings is 3. The molecular weight excluding hydrogens is 797 g/mol. The van der Waals surface area contributed by atoms with Crippen LogP contribution < -0.4 is 10.6 Å². The second-order valence-electron chi connectivity index (χ2n) is 17.5. The lowest BCUT2D eigenvalue weighted by atomic mass is 9.91. The number of likely N-dealkylation sites (tertiary alicyclic amines) is 2. The summed E-state index contributed by atoms with van der Waals surface area (Å²) < 4.78 is 9.76. The second-order valence-corrected chi connectivity index (χ2v) is 17.5. The summed E-state index contributed by atoms with van der Waals surface area (Å²) >= 11 is 0. The molecule has 63 heavy (non-hydrogen) atoms. The summed E-state index contributed by atoms with van der Waals surface area (Å²) in [5, 5.41) is 7.86. The Morgan fingerprint density at radius 3 is 1.98 bits per heavy atom. The summed E-state index contributed by atoms with van der Waals surface area (Å²) in [5.41, 5.74) is 7.21. The number of amides is 4. The maximum absolute atomic E-state index is 14.4. The summed E-state index contributed by atoms with van der Waals surface area (Å²) in [6, 6.07) is 20.1. The van der Waals surface area contributed by atoms with Gasteiger partial charge in [-0.2, -0.15) is 0 Å². The average Bonchev–Trinajstić information content (AvgIpc) is 4.16. The highest BCUT2D eigenvalue weighted by Gasteiger charge is 2.50. The zero-order valence-corrected chi connectivity index (χ0v) is 36.2. The summed E-state index contributed by atoms with van der Waals surface area (Å²) in [7, 11) is 2.63. The van der Waals surface area contributed by atoms with Gasteiger partial charge in [-0.3, -0.25) is 9.59 Å². The van der Waals surface area contributed by atoms with Crippen molar-refractivity contribution in [1.82, 2.24) is 40.4 Å². The van der Waals surface area contributed by atoms with Gasteiger partial charge < -0.3 is 39.9 Å². The van der Waals surface area contributed by atoms with Gasteiger partial charge in [-0.05, 0) is 89.6 Å². The fourth-order valence-corrected chi connectivity index (χ4v) is 9.94. The topological polar surface area (TPSA) is 175 Å². The molecule has 2 aromatic heterocycles. The van der Waals surface area contributed by atoms with Gasteiger partial charge in [0.05, 0.1) is 50.1 Å². The summed E-state index contributed by atoms with van der Waals surface area (Å²) in [4.78, 5) is 72.8. The SMILES string of the molecule is COC(=O)N[C@H](C(=O)N1CCC[C@H]1c1ncc(-c2ccc3cc(-c4ccc(-c5cnc([C@@H]6CCCN6C(=O)C6(NC(=O)OC)CC7=C(CCC=C7)C6)[nH]5)cc4)ccc3c2)[nH]1)C(C)C. The Labute approximate surface area is 366 Å². The van der Waals surface area contributed by atoms with Crippen molar-refractivity contribution in [2.75, 3.05) is 27.3 Å². The number of carbonyl (C=O) groups is 4. The van der Waals surface area contributed by atoms with Crippen LogP contribution in [0.5, 0.6) is 0 Å². The highest BCUT2D eigenvalue weighted by Crippen LogP contribution is 2.44. The number of aromatic nitrogens is 4. The summed E-state index contributed by atoms with van der Waals surface area (Å²) in [6.45, 7) is 5.00. The van der Waals surface area contributed by atoms with E-state index >= 15 is 0 Å². The number of ether oxygens (including phenoxy) is 2.